The summed E-state index contributed by atoms with van der Waals surface area (Å²) in [5.41, 5.74) is -0.650. The van der Waals surface area contributed by atoms with Crippen LogP contribution in [0.4, 0.5) is 0 Å². The maximum absolute atomic E-state index is 11.7. The van der Waals surface area contributed by atoms with Gasteiger partial charge in [0.15, 0.2) is 11.5 Å². The Morgan fingerprint density at radius 1 is 1.24 bits per heavy atom. The summed E-state index contributed by atoms with van der Waals surface area (Å²) in [7, 11) is 0. The third-order valence-corrected chi connectivity index (χ3v) is 2.69. The zero-order valence-electron chi connectivity index (χ0n) is 10.0. The van der Waals surface area contributed by atoms with Crippen LogP contribution in [-0.4, -0.2) is 21.3 Å². The molecule has 0 aliphatic rings. The van der Waals surface area contributed by atoms with Crippen LogP contribution in [0.1, 0.15) is 27.2 Å². The minimum Gasteiger partial charge on any atom is -0.504 e. The summed E-state index contributed by atoms with van der Waals surface area (Å²) in [4.78, 5) is 11.7. The molecule has 1 rings (SSSR count). The summed E-state index contributed by atoms with van der Waals surface area (Å²) in [5, 5.41) is 27.6. The van der Waals surface area contributed by atoms with Gasteiger partial charge in [-0.3, -0.25) is 4.79 Å². The molecule has 0 aromatic heterocycles. The molecule has 0 saturated heterocycles. The van der Waals surface area contributed by atoms with Crippen LogP contribution in [0.2, 0.25) is 0 Å². The fourth-order valence-corrected chi connectivity index (χ4v) is 1.03. The molecule has 5 heteroatoms. The van der Waals surface area contributed by atoms with E-state index in [0.717, 1.165) is 12.1 Å². The minimum absolute atomic E-state index is 0.00988. The normalized spacial score (nSPS) is 11.2. The van der Waals surface area contributed by atoms with Gasteiger partial charge < -0.3 is 20.1 Å². The molecule has 0 fully saturated rings. The highest BCUT2D eigenvalue weighted by Crippen LogP contribution is 2.38. The first-order valence-corrected chi connectivity index (χ1v) is 5.25. The fraction of sp³-hybridized carbons (Fsp3) is 0.417. The van der Waals surface area contributed by atoms with E-state index in [9.17, 15) is 15.0 Å². The third-order valence-electron chi connectivity index (χ3n) is 2.69. The van der Waals surface area contributed by atoms with Crippen LogP contribution in [0.3, 0.4) is 0 Å². The van der Waals surface area contributed by atoms with E-state index >= 15 is 0 Å². The Kier molecular flexibility index (Phi) is 3.50. The molecule has 1 aromatic carbocycles. The highest BCUT2D eigenvalue weighted by Gasteiger charge is 2.28. The summed E-state index contributed by atoms with van der Waals surface area (Å²) >= 11 is 0. The predicted molar refractivity (Wildman–Crippen MR) is 61.1 cm³/mol. The molecule has 0 aliphatic heterocycles. The van der Waals surface area contributed by atoms with Crippen LogP contribution >= 0.6 is 0 Å². The average Bonchev–Trinajstić information content (AvgIpc) is 2.25. The van der Waals surface area contributed by atoms with Gasteiger partial charge in [-0.2, -0.15) is 0 Å². The third kappa shape index (κ3) is 2.81. The molecule has 0 heterocycles. The van der Waals surface area contributed by atoms with Crippen LogP contribution in [0, 0.1) is 5.41 Å². The Labute approximate surface area is 99.3 Å². The quantitative estimate of drug-likeness (QED) is 0.428. The molecule has 5 nitrogen and oxygen atoms in total. The van der Waals surface area contributed by atoms with Crippen molar-refractivity contribution >= 4 is 5.97 Å². The number of hydrogen-bond donors (Lipinski definition) is 3. The van der Waals surface area contributed by atoms with Gasteiger partial charge >= 0.3 is 5.97 Å². The van der Waals surface area contributed by atoms with Crippen LogP contribution in [0.25, 0.3) is 0 Å². The first kappa shape index (κ1) is 13.2. The van der Waals surface area contributed by atoms with Crippen molar-refractivity contribution in [3.05, 3.63) is 12.1 Å². The Morgan fingerprint density at radius 2 is 1.71 bits per heavy atom. The number of rotatable bonds is 3. The van der Waals surface area contributed by atoms with Crippen molar-refractivity contribution < 1.29 is 24.9 Å². The van der Waals surface area contributed by atoms with Crippen LogP contribution < -0.4 is 4.74 Å². The summed E-state index contributed by atoms with van der Waals surface area (Å²) < 4.78 is 5.02. The van der Waals surface area contributed by atoms with Gasteiger partial charge in [-0.25, -0.2) is 0 Å². The van der Waals surface area contributed by atoms with E-state index in [2.05, 4.69) is 0 Å². The van der Waals surface area contributed by atoms with Gasteiger partial charge in [0, 0.05) is 12.1 Å². The lowest BCUT2D eigenvalue weighted by Gasteiger charge is -2.20. The number of esters is 1. The van der Waals surface area contributed by atoms with Gasteiger partial charge in [-0.15, -0.1) is 0 Å². The average molecular weight is 240 g/mol. The van der Waals surface area contributed by atoms with Crippen molar-refractivity contribution in [1.29, 1.82) is 0 Å². The molecule has 94 valence electrons. The molecule has 0 atom stereocenters. The van der Waals surface area contributed by atoms with Gasteiger partial charge in [-0.1, -0.05) is 6.92 Å². The van der Waals surface area contributed by atoms with Gasteiger partial charge in [-0.05, 0) is 20.3 Å². The number of carbonyl (C=O) groups is 1. The van der Waals surface area contributed by atoms with E-state index in [1.54, 1.807) is 13.8 Å². The molecule has 0 saturated carbocycles. The molecule has 3 N–H and O–H groups in total. The molecule has 0 unspecified atom stereocenters. The second kappa shape index (κ2) is 4.53. The molecular weight excluding hydrogens is 224 g/mol. The Morgan fingerprint density at radius 3 is 2.12 bits per heavy atom. The van der Waals surface area contributed by atoms with Crippen molar-refractivity contribution in [1.82, 2.24) is 0 Å². The zero-order valence-corrected chi connectivity index (χ0v) is 10.0. The number of phenols is 3. The zero-order chi connectivity index (χ0) is 13.2. The van der Waals surface area contributed by atoms with Crippen molar-refractivity contribution in [3.8, 4) is 23.0 Å². The molecule has 17 heavy (non-hydrogen) atoms. The number of aromatic hydroxyl groups is 3. The van der Waals surface area contributed by atoms with Crippen molar-refractivity contribution in [2.24, 2.45) is 5.41 Å². The Bertz CT molecular complexity index is 414. The maximum Gasteiger partial charge on any atom is 0.316 e. The molecule has 0 spiro atoms. The largest absolute Gasteiger partial charge is 0.504 e. The molecule has 1 aromatic rings. The van der Waals surface area contributed by atoms with Crippen molar-refractivity contribution in [2.45, 2.75) is 27.2 Å². The first-order chi connectivity index (χ1) is 7.77. The first-order valence-electron chi connectivity index (χ1n) is 5.25. The second-order valence-corrected chi connectivity index (χ2v) is 4.44. The Hall–Kier alpha value is -1.91. The summed E-state index contributed by atoms with van der Waals surface area (Å²) in [6, 6.07) is 2.14. The monoisotopic (exact) mass is 240 g/mol. The van der Waals surface area contributed by atoms with E-state index in [1.807, 2.05) is 6.92 Å². The lowest BCUT2D eigenvalue weighted by Crippen LogP contribution is -2.28. The van der Waals surface area contributed by atoms with E-state index in [1.165, 1.54) is 0 Å². The topological polar surface area (TPSA) is 87.0 Å². The predicted octanol–water partition coefficient (Wildman–Crippen LogP) is 2.15. The summed E-state index contributed by atoms with van der Waals surface area (Å²) in [6.45, 7) is 5.32. The van der Waals surface area contributed by atoms with Crippen molar-refractivity contribution in [2.75, 3.05) is 0 Å². The van der Waals surface area contributed by atoms with Gasteiger partial charge in [0.1, 0.15) is 5.75 Å². The van der Waals surface area contributed by atoms with Gasteiger partial charge in [0.05, 0.1) is 5.41 Å². The lowest BCUT2D eigenvalue weighted by atomic mass is 9.91. The van der Waals surface area contributed by atoms with Gasteiger partial charge in [0.2, 0.25) is 5.75 Å². The molecule has 0 amide bonds. The second-order valence-electron chi connectivity index (χ2n) is 4.44. The number of hydrogen-bond acceptors (Lipinski definition) is 5. The standard InChI is InChI=1S/C12H16O5/c1-4-12(2,3)11(16)17-7-5-8(13)10(15)9(14)6-7/h5-6,13-15H,4H2,1-3H3. The number of benzene rings is 1. The van der Waals surface area contributed by atoms with E-state index < -0.39 is 28.6 Å². The van der Waals surface area contributed by atoms with Crippen LogP contribution in [0.15, 0.2) is 12.1 Å². The lowest BCUT2D eigenvalue weighted by molar-refractivity contribution is -0.144. The van der Waals surface area contributed by atoms with Crippen LogP contribution in [0.5, 0.6) is 23.0 Å². The molecule has 0 bridgehead atoms. The fourth-order valence-electron chi connectivity index (χ4n) is 1.03. The molecule has 0 radical (unpaired) electrons. The highest BCUT2D eigenvalue weighted by molar-refractivity contribution is 5.78. The van der Waals surface area contributed by atoms with E-state index in [0.29, 0.717) is 6.42 Å². The van der Waals surface area contributed by atoms with Gasteiger partial charge in [0.25, 0.3) is 0 Å². The summed E-state index contributed by atoms with van der Waals surface area (Å²) in [5.74, 6) is -2.20. The number of carbonyl (C=O) groups excluding carboxylic acids is 1. The highest BCUT2D eigenvalue weighted by atomic mass is 16.5. The smallest absolute Gasteiger partial charge is 0.316 e. The van der Waals surface area contributed by atoms with Crippen LogP contribution in [-0.2, 0) is 4.79 Å². The SMILES string of the molecule is CCC(C)(C)C(=O)Oc1cc(O)c(O)c(O)c1. The molecular formula is C12H16O5. The minimum atomic E-state index is -0.650. The number of phenolic OH excluding ortho intramolecular Hbond substituents is 3. The molecule has 0 aliphatic carbocycles. The number of ether oxygens (including phenoxy) is 1. The van der Waals surface area contributed by atoms with E-state index in [4.69, 9.17) is 9.84 Å². The van der Waals surface area contributed by atoms with Crippen molar-refractivity contribution in [3.63, 3.8) is 0 Å². The Balaban J connectivity index is 2.94. The summed E-state index contributed by atoms with van der Waals surface area (Å²) in [6.07, 6.45) is 0.599. The van der Waals surface area contributed by atoms with E-state index in [-0.39, 0.29) is 5.75 Å². The maximum atomic E-state index is 11.7.